The Labute approximate surface area is 234 Å². The molecular weight excluding hydrogens is 529 g/mol. The second-order valence-electron chi connectivity index (χ2n) is 9.90. The van der Waals surface area contributed by atoms with E-state index in [0.717, 1.165) is 19.3 Å². The molecule has 0 rings (SSSR count). The summed E-state index contributed by atoms with van der Waals surface area (Å²) in [6.45, 7) is 2.33. The Morgan fingerprint density at radius 1 is 0.692 bits per heavy atom. The van der Waals surface area contributed by atoms with Gasteiger partial charge in [0.25, 0.3) is 0 Å². The molecule has 0 radical (unpaired) electrons. The number of aliphatic carboxylic acids is 1. The summed E-state index contributed by atoms with van der Waals surface area (Å²) in [5, 5.41) is 8.72. The quantitative estimate of drug-likeness (QED) is 0.0621. The number of phosphoric acid groups is 1. The van der Waals surface area contributed by atoms with E-state index in [-0.39, 0.29) is 19.4 Å². The van der Waals surface area contributed by atoms with E-state index in [1.54, 1.807) is 6.92 Å². The Morgan fingerprint density at radius 2 is 1.18 bits per heavy atom. The van der Waals surface area contributed by atoms with Gasteiger partial charge in [-0.3, -0.25) is 23.4 Å². The van der Waals surface area contributed by atoms with Crippen molar-refractivity contribution < 1.29 is 47.5 Å². The Hall–Kier alpha value is -1.52. The molecule has 0 fully saturated rings. The molecular formula is C27H52NO10P. The van der Waals surface area contributed by atoms with Gasteiger partial charge in [0.15, 0.2) is 6.10 Å². The highest BCUT2D eigenvalue weighted by Gasteiger charge is 2.28. The summed E-state index contributed by atoms with van der Waals surface area (Å²) in [6.07, 6.45) is 16.7. The molecule has 0 aromatic heterocycles. The number of hydrogen-bond acceptors (Lipinski definition) is 9. The van der Waals surface area contributed by atoms with Gasteiger partial charge in [-0.15, -0.1) is 0 Å². The number of carboxylic acids is 1. The van der Waals surface area contributed by atoms with Crippen molar-refractivity contribution in [3.05, 3.63) is 0 Å². The molecule has 0 spiro atoms. The first-order valence-corrected chi connectivity index (χ1v) is 16.1. The molecule has 11 nitrogen and oxygen atoms in total. The maximum atomic E-state index is 12.1. The van der Waals surface area contributed by atoms with E-state index >= 15 is 0 Å². The van der Waals surface area contributed by atoms with Crippen LogP contribution >= 0.6 is 7.82 Å². The first-order chi connectivity index (χ1) is 18.6. The van der Waals surface area contributed by atoms with Crippen LogP contribution in [0.2, 0.25) is 0 Å². The monoisotopic (exact) mass is 581 g/mol. The standard InChI is InChI=1S/C27H52NO10P/c1-3-5-6-7-8-9-10-11-12-13-14-15-16-17-19-25(29)35-20-23(38-26(30)18-4-2)21-36-39(33,34)37-22-24(28)27(31)32/h23-24H,3-22,28H2,1-2H3,(H,31,32)(H,33,34)/t23-,24+/m1/s1. The molecule has 39 heavy (non-hydrogen) atoms. The van der Waals surface area contributed by atoms with Crippen LogP contribution in [0, 0.1) is 0 Å². The molecule has 3 atom stereocenters. The van der Waals surface area contributed by atoms with Crippen LogP contribution in [0.1, 0.15) is 123 Å². The second kappa shape index (κ2) is 24.3. The van der Waals surface area contributed by atoms with Gasteiger partial charge in [-0.2, -0.15) is 0 Å². The lowest BCUT2D eigenvalue weighted by molar-refractivity contribution is -0.161. The molecule has 0 aliphatic heterocycles. The van der Waals surface area contributed by atoms with Crippen molar-refractivity contribution in [2.24, 2.45) is 5.73 Å². The van der Waals surface area contributed by atoms with Crippen molar-refractivity contribution in [2.75, 3.05) is 19.8 Å². The molecule has 0 heterocycles. The third-order valence-corrected chi connectivity index (χ3v) is 7.03. The summed E-state index contributed by atoms with van der Waals surface area (Å²) in [6, 6.07) is -1.51. The van der Waals surface area contributed by atoms with E-state index in [9.17, 15) is 23.8 Å². The number of phosphoric ester groups is 1. The Kier molecular flexibility index (Phi) is 23.3. The van der Waals surface area contributed by atoms with E-state index in [1.165, 1.54) is 64.2 Å². The molecule has 0 saturated carbocycles. The highest BCUT2D eigenvalue weighted by Crippen LogP contribution is 2.43. The van der Waals surface area contributed by atoms with Crippen LogP contribution in [0.5, 0.6) is 0 Å². The molecule has 1 unspecified atom stereocenters. The lowest BCUT2D eigenvalue weighted by atomic mass is 10.0. The zero-order valence-corrected chi connectivity index (χ0v) is 24.9. The van der Waals surface area contributed by atoms with Crippen LogP contribution in [-0.4, -0.2) is 59.9 Å². The van der Waals surface area contributed by atoms with E-state index < -0.39 is 51.1 Å². The normalized spacial score (nSPS) is 14.4. The van der Waals surface area contributed by atoms with Gasteiger partial charge in [0.2, 0.25) is 0 Å². The molecule has 12 heteroatoms. The Bertz CT molecular complexity index is 706. The second-order valence-corrected chi connectivity index (χ2v) is 11.3. The van der Waals surface area contributed by atoms with Crippen LogP contribution in [0.15, 0.2) is 0 Å². The van der Waals surface area contributed by atoms with Crippen molar-refractivity contribution in [3.63, 3.8) is 0 Å². The van der Waals surface area contributed by atoms with E-state index in [4.69, 9.17) is 24.8 Å². The summed E-state index contributed by atoms with van der Waals surface area (Å²) in [5.74, 6) is -2.44. The summed E-state index contributed by atoms with van der Waals surface area (Å²) >= 11 is 0. The lowest BCUT2D eigenvalue weighted by Crippen LogP contribution is -2.34. The van der Waals surface area contributed by atoms with Gasteiger partial charge >= 0.3 is 25.7 Å². The maximum Gasteiger partial charge on any atom is 0.472 e. The van der Waals surface area contributed by atoms with Crippen LogP contribution in [0.3, 0.4) is 0 Å². The van der Waals surface area contributed by atoms with Gasteiger partial charge in [0, 0.05) is 12.8 Å². The average Bonchev–Trinajstić information content (AvgIpc) is 2.89. The molecule has 0 aromatic carbocycles. The van der Waals surface area contributed by atoms with E-state index in [2.05, 4.69) is 11.4 Å². The summed E-state index contributed by atoms with van der Waals surface area (Å²) in [4.78, 5) is 44.4. The van der Waals surface area contributed by atoms with Gasteiger partial charge in [0.05, 0.1) is 13.2 Å². The fourth-order valence-corrected chi connectivity index (χ4v) is 4.53. The largest absolute Gasteiger partial charge is 0.480 e. The summed E-state index contributed by atoms with van der Waals surface area (Å²) in [7, 11) is -4.67. The van der Waals surface area contributed by atoms with E-state index in [1.807, 2.05) is 0 Å². The van der Waals surface area contributed by atoms with Crippen LogP contribution in [0.4, 0.5) is 0 Å². The minimum Gasteiger partial charge on any atom is -0.480 e. The number of ether oxygens (including phenoxy) is 2. The van der Waals surface area contributed by atoms with Crippen LogP contribution in [-0.2, 0) is 37.5 Å². The van der Waals surface area contributed by atoms with Crippen LogP contribution in [0.25, 0.3) is 0 Å². The molecule has 0 aliphatic carbocycles. The first kappa shape index (κ1) is 37.5. The Morgan fingerprint density at radius 3 is 1.67 bits per heavy atom. The minimum absolute atomic E-state index is 0.115. The number of esters is 2. The number of carbonyl (C=O) groups excluding carboxylic acids is 2. The molecule has 0 amide bonds. The summed E-state index contributed by atoms with van der Waals surface area (Å²) in [5.41, 5.74) is 5.23. The van der Waals surface area contributed by atoms with Gasteiger partial charge in [0.1, 0.15) is 12.6 Å². The predicted molar refractivity (Wildman–Crippen MR) is 148 cm³/mol. The molecule has 0 bridgehead atoms. The number of unbranched alkanes of at least 4 members (excludes halogenated alkanes) is 13. The number of carboxylic acid groups (broad SMARTS) is 1. The fraction of sp³-hybridized carbons (Fsp3) is 0.889. The number of rotatable bonds is 27. The number of hydrogen-bond donors (Lipinski definition) is 3. The molecule has 0 saturated heterocycles. The van der Waals surface area contributed by atoms with Crippen molar-refractivity contribution >= 4 is 25.7 Å². The fourth-order valence-electron chi connectivity index (χ4n) is 3.75. The third kappa shape index (κ3) is 24.0. The van der Waals surface area contributed by atoms with Crippen molar-refractivity contribution in [3.8, 4) is 0 Å². The molecule has 230 valence electrons. The topological polar surface area (TPSA) is 172 Å². The molecule has 4 N–H and O–H groups in total. The lowest BCUT2D eigenvalue weighted by Gasteiger charge is -2.20. The third-order valence-electron chi connectivity index (χ3n) is 6.07. The van der Waals surface area contributed by atoms with Crippen molar-refractivity contribution in [1.82, 2.24) is 0 Å². The molecule has 0 aromatic rings. The smallest absolute Gasteiger partial charge is 0.472 e. The van der Waals surface area contributed by atoms with Crippen molar-refractivity contribution in [1.29, 1.82) is 0 Å². The van der Waals surface area contributed by atoms with E-state index in [0.29, 0.717) is 12.8 Å². The summed E-state index contributed by atoms with van der Waals surface area (Å²) < 4.78 is 31.7. The van der Waals surface area contributed by atoms with Crippen molar-refractivity contribution in [2.45, 2.75) is 135 Å². The SMILES string of the molecule is CCCCCCCCCCCCCCCCC(=O)OC[C@H](COP(=O)(O)OC[C@H](N)C(=O)O)OC(=O)CCC. The Balaban J connectivity index is 4.12. The van der Waals surface area contributed by atoms with Gasteiger partial charge in [-0.1, -0.05) is 97.3 Å². The predicted octanol–water partition coefficient (Wildman–Crippen LogP) is 5.66. The van der Waals surface area contributed by atoms with Gasteiger partial charge in [-0.25, -0.2) is 4.57 Å². The minimum atomic E-state index is -4.67. The van der Waals surface area contributed by atoms with Gasteiger partial charge in [-0.05, 0) is 12.8 Å². The number of nitrogens with two attached hydrogens (primary N) is 1. The van der Waals surface area contributed by atoms with Gasteiger partial charge < -0.3 is 25.2 Å². The van der Waals surface area contributed by atoms with Crippen LogP contribution < -0.4 is 5.73 Å². The maximum absolute atomic E-state index is 12.1. The molecule has 0 aliphatic rings. The first-order valence-electron chi connectivity index (χ1n) is 14.6. The number of carbonyl (C=O) groups is 3. The zero-order chi connectivity index (χ0) is 29.4. The average molecular weight is 582 g/mol. The highest BCUT2D eigenvalue weighted by molar-refractivity contribution is 7.47. The zero-order valence-electron chi connectivity index (χ0n) is 24.0. The highest BCUT2D eigenvalue weighted by atomic mass is 31.2.